The second-order valence-corrected chi connectivity index (χ2v) is 14.2. The first-order valence-electron chi connectivity index (χ1n) is 11.1. The Hall–Kier alpha value is -2.11. The van der Waals surface area contributed by atoms with Gasteiger partial charge in [-0.2, -0.15) is 0 Å². The molecule has 1 aliphatic rings. The summed E-state index contributed by atoms with van der Waals surface area (Å²) in [5, 5.41) is 0. The Kier molecular flexibility index (Phi) is 6.49. The van der Waals surface area contributed by atoms with Crippen LogP contribution in [0.3, 0.4) is 0 Å². The standard InChI is InChI=1S/C27H34OSi/c1-6-8-15-27(16-9-7-2)25-18-21(14-17-29(3,4)5)10-12-23(25)24-13-11-22(20-28)19-26(24)27/h10-13,18-20H,6-9,15-16H2,1-5H3. The molecule has 2 aromatic rings. The lowest BCUT2D eigenvalue weighted by Crippen LogP contribution is -2.25. The Labute approximate surface area is 177 Å². The van der Waals surface area contributed by atoms with Crippen molar-refractivity contribution in [2.45, 2.75) is 77.4 Å². The molecule has 0 amide bonds. The molecule has 0 fully saturated rings. The Morgan fingerprint density at radius 3 is 2.03 bits per heavy atom. The van der Waals surface area contributed by atoms with Gasteiger partial charge in [0.05, 0.1) is 0 Å². The van der Waals surface area contributed by atoms with Gasteiger partial charge in [0.2, 0.25) is 0 Å². The average Bonchev–Trinajstić information content (AvgIpc) is 2.97. The molecule has 2 heteroatoms. The summed E-state index contributed by atoms with van der Waals surface area (Å²) < 4.78 is 0. The summed E-state index contributed by atoms with van der Waals surface area (Å²) in [6.07, 6.45) is 8.01. The SMILES string of the molecule is CCCCC1(CCCC)c2cc(C#C[Si](C)(C)C)ccc2-c2ccc(C=O)cc21. The predicted octanol–water partition coefficient (Wildman–Crippen LogP) is 7.37. The Morgan fingerprint density at radius 1 is 0.897 bits per heavy atom. The molecule has 0 aromatic heterocycles. The van der Waals surface area contributed by atoms with E-state index in [1.165, 1.54) is 47.9 Å². The van der Waals surface area contributed by atoms with E-state index in [9.17, 15) is 4.79 Å². The van der Waals surface area contributed by atoms with Crippen molar-refractivity contribution in [1.29, 1.82) is 0 Å². The van der Waals surface area contributed by atoms with Gasteiger partial charge in [-0.1, -0.05) is 83.3 Å². The van der Waals surface area contributed by atoms with Gasteiger partial charge in [0.25, 0.3) is 0 Å². The number of aldehydes is 1. The van der Waals surface area contributed by atoms with Gasteiger partial charge < -0.3 is 0 Å². The highest BCUT2D eigenvalue weighted by molar-refractivity contribution is 6.83. The fourth-order valence-electron chi connectivity index (χ4n) is 4.54. The first kappa shape index (κ1) is 21.6. The largest absolute Gasteiger partial charge is 0.298 e. The number of fused-ring (bicyclic) bond motifs is 3. The number of carbonyl (C=O) groups excluding carboxylic acids is 1. The zero-order chi connectivity index (χ0) is 21.1. The molecule has 0 saturated carbocycles. The third kappa shape index (κ3) is 4.41. The highest BCUT2D eigenvalue weighted by Gasteiger charge is 2.42. The Morgan fingerprint density at radius 2 is 1.48 bits per heavy atom. The summed E-state index contributed by atoms with van der Waals surface area (Å²) in [7, 11) is -1.42. The van der Waals surface area contributed by atoms with Crippen molar-refractivity contribution >= 4 is 14.4 Å². The number of carbonyl (C=O) groups is 1. The van der Waals surface area contributed by atoms with Crippen LogP contribution in [0.15, 0.2) is 36.4 Å². The quantitative estimate of drug-likeness (QED) is 0.268. The maximum Gasteiger partial charge on any atom is 0.150 e. The molecule has 152 valence electrons. The molecule has 0 aliphatic heterocycles. The lowest BCUT2D eigenvalue weighted by molar-refractivity contribution is 0.112. The Bertz CT molecular complexity index is 945. The molecule has 1 aliphatic carbocycles. The van der Waals surface area contributed by atoms with Crippen molar-refractivity contribution in [3.05, 3.63) is 58.7 Å². The van der Waals surface area contributed by atoms with Crippen LogP contribution in [0.1, 0.15) is 79.4 Å². The van der Waals surface area contributed by atoms with Gasteiger partial charge in [-0.3, -0.25) is 4.79 Å². The van der Waals surface area contributed by atoms with Crippen LogP contribution in [-0.4, -0.2) is 14.4 Å². The lowest BCUT2D eigenvalue weighted by atomic mass is 9.70. The minimum Gasteiger partial charge on any atom is -0.298 e. The van der Waals surface area contributed by atoms with E-state index >= 15 is 0 Å². The molecule has 0 bridgehead atoms. The van der Waals surface area contributed by atoms with E-state index in [0.717, 1.165) is 30.3 Å². The molecule has 3 rings (SSSR count). The van der Waals surface area contributed by atoms with Gasteiger partial charge in [0.15, 0.2) is 0 Å². The summed E-state index contributed by atoms with van der Waals surface area (Å²) in [6.45, 7) is 11.4. The maximum atomic E-state index is 11.5. The van der Waals surface area contributed by atoms with Gasteiger partial charge in [0.1, 0.15) is 14.4 Å². The van der Waals surface area contributed by atoms with Gasteiger partial charge in [-0.05, 0) is 53.3 Å². The molecular formula is C27H34OSi. The third-order valence-corrected chi connectivity index (χ3v) is 6.89. The summed E-state index contributed by atoms with van der Waals surface area (Å²) in [6, 6.07) is 13.1. The van der Waals surface area contributed by atoms with Crippen LogP contribution in [0.4, 0.5) is 0 Å². The van der Waals surface area contributed by atoms with Crippen LogP contribution in [0.5, 0.6) is 0 Å². The van der Waals surface area contributed by atoms with Gasteiger partial charge >= 0.3 is 0 Å². The van der Waals surface area contributed by atoms with Crippen molar-refractivity contribution in [2.75, 3.05) is 0 Å². The second kappa shape index (κ2) is 8.72. The number of hydrogen-bond acceptors (Lipinski definition) is 1. The molecule has 0 spiro atoms. The van der Waals surface area contributed by atoms with Crippen LogP contribution in [-0.2, 0) is 5.41 Å². The smallest absolute Gasteiger partial charge is 0.150 e. The minimum absolute atomic E-state index is 0.00651. The molecule has 1 nitrogen and oxygen atoms in total. The van der Waals surface area contributed by atoms with Crippen molar-refractivity contribution < 1.29 is 4.79 Å². The number of unbranched alkanes of at least 4 members (excludes halogenated alkanes) is 2. The van der Waals surface area contributed by atoms with Gasteiger partial charge in [0, 0.05) is 16.5 Å². The zero-order valence-corrected chi connectivity index (χ0v) is 19.7. The fraction of sp³-hybridized carbons (Fsp3) is 0.444. The maximum absolute atomic E-state index is 11.5. The van der Waals surface area contributed by atoms with Crippen LogP contribution in [0.25, 0.3) is 11.1 Å². The molecule has 0 saturated heterocycles. The summed E-state index contributed by atoms with van der Waals surface area (Å²) in [5.74, 6) is 3.47. The molecule has 2 aromatic carbocycles. The van der Waals surface area contributed by atoms with E-state index in [4.69, 9.17) is 0 Å². The van der Waals surface area contributed by atoms with Crippen LogP contribution < -0.4 is 0 Å². The predicted molar refractivity (Wildman–Crippen MR) is 127 cm³/mol. The molecule has 0 heterocycles. The monoisotopic (exact) mass is 402 g/mol. The van der Waals surface area contributed by atoms with Gasteiger partial charge in [-0.25, -0.2) is 0 Å². The number of hydrogen-bond donors (Lipinski definition) is 0. The van der Waals surface area contributed by atoms with Crippen molar-refractivity contribution in [2.24, 2.45) is 0 Å². The molecule has 0 N–H and O–H groups in total. The fourth-order valence-corrected chi connectivity index (χ4v) is 5.06. The second-order valence-electron chi connectivity index (χ2n) is 9.47. The summed E-state index contributed by atoms with van der Waals surface area (Å²) in [4.78, 5) is 11.5. The van der Waals surface area contributed by atoms with E-state index in [1.807, 2.05) is 6.07 Å². The number of benzene rings is 2. The number of rotatable bonds is 7. The zero-order valence-electron chi connectivity index (χ0n) is 18.7. The van der Waals surface area contributed by atoms with Crippen LogP contribution in [0.2, 0.25) is 19.6 Å². The molecule has 0 atom stereocenters. The topological polar surface area (TPSA) is 17.1 Å². The third-order valence-electron chi connectivity index (χ3n) is 6.02. The van der Waals surface area contributed by atoms with Crippen molar-refractivity contribution in [3.63, 3.8) is 0 Å². The first-order chi connectivity index (χ1) is 13.8. The van der Waals surface area contributed by atoms with Crippen molar-refractivity contribution in [1.82, 2.24) is 0 Å². The van der Waals surface area contributed by atoms with Crippen LogP contribution in [0, 0.1) is 11.5 Å². The first-order valence-corrected chi connectivity index (χ1v) is 14.6. The minimum atomic E-state index is -1.42. The summed E-state index contributed by atoms with van der Waals surface area (Å²) >= 11 is 0. The van der Waals surface area contributed by atoms with E-state index in [2.05, 4.69) is 75.3 Å². The molecule has 0 unspecified atom stereocenters. The summed E-state index contributed by atoms with van der Waals surface area (Å²) in [5.41, 5.74) is 10.9. The average molecular weight is 403 g/mol. The molecular weight excluding hydrogens is 368 g/mol. The Balaban J connectivity index is 2.22. The van der Waals surface area contributed by atoms with Crippen LogP contribution >= 0.6 is 0 Å². The van der Waals surface area contributed by atoms with E-state index in [1.54, 1.807) is 0 Å². The van der Waals surface area contributed by atoms with E-state index in [-0.39, 0.29) is 5.41 Å². The van der Waals surface area contributed by atoms with Crippen molar-refractivity contribution in [3.8, 4) is 22.6 Å². The molecule has 0 radical (unpaired) electrons. The van der Waals surface area contributed by atoms with Gasteiger partial charge in [-0.15, -0.1) is 5.54 Å². The normalized spacial score (nSPS) is 14.0. The highest BCUT2D eigenvalue weighted by atomic mass is 28.3. The molecule has 29 heavy (non-hydrogen) atoms. The highest BCUT2D eigenvalue weighted by Crippen LogP contribution is 2.54. The van der Waals surface area contributed by atoms with E-state index in [0.29, 0.717) is 0 Å². The van der Waals surface area contributed by atoms with E-state index < -0.39 is 8.07 Å². The lowest BCUT2D eigenvalue weighted by Gasteiger charge is -2.33.